The van der Waals surface area contributed by atoms with E-state index in [0.29, 0.717) is 17.5 Å². The molecule has 0 saturated heterocycles. The van der Waals surface area contributed by atoms with Gasteiger partial charge in [-0.25, -0.2) is 15.0 Å². The summed E-state index contributed by atoms with van der Waals surface area (Å²) in [5.41, 5.74) is 1.09. The molecule has 4 rings (SSSR count). The lowest BCUT2D eigenvalue weighted by Crippen LogP contribution is -2.27. The van der Waals surface area contributed by atoms with Crippen LogP contribution >= 0.6 is 11.3 Å². The average molecular weight is 383 g/mol. The molecule has 0 aliphatic heterocycles. The van der Waals surface area contributed by atoms with Gasteiger partial charge in [0.15, 0.2) is 12.3 Å². The highest BCUT2D eigenvalue weighted by Gasteiger charge is 2.17. The first kappa shape index (κ1) is 17.2. The van der Waals surface area contributed by atoms with E-state index in [-0.39, 0.29) is 24.2 Å². The molecule has 0 saturated carbocycles. The van der Waals surface area contributed by atoms with Gasteiger partial charge < -0.3 is 19.5 Å². The van der Waals surface area contributed by atoms with Crippen molar-refractivity contribution in [3.05, 3.63) is 59.3 Å². The second-order valence-electron chi connectivity index (χ2n) is 5.95. The van der Waals surface area contributed by atoms with Gasteiger partial charge >= 0.3 is 0 Å². The van der Waals surface area contributed by atoms with Gasteiger partial charge in [0.2, 0.25) is 5.89 Å². The van der Waals surface area contributed by atoms with Gasteiger partial charge in [-0.1, -0.05) is 0 Å². The lowest BCUT2D eigenvalue weighted by molar-refractivity contribution is 0.0933. The SMILES string of the molecule is Cc1nc2cc(OCc3nc(C(=O)NC(C)c4ncc[nH]4)co3)ccc2s1. The van der Waals surface area contributed by atoms with Crippen molar-refractivity contribution < 1.29 is 13.9 Å². The molecule has 8 nitrogen and oxygen atoms in total. The maximum absolute atomic E-state index is 12.3. The number of nitrogens with zero attached hydrogens (tertiary/aromatic N) is 3. The number of hydrogen-bond acceptors (Lipinski definition) is 7. The molecule has 27 heavy (non-hydrogen) atoms. The number of aryl methyl sites for hydroxylation is 1. The number of hydrogen-bond donors (Lipinski definition) is 2. The molecule has 1 atom stereocenters. The van der Waals surface area contributed by atoms with Crippen molar-refractivity contribution in [2.75, 3.05) is 0 Å². The molecule has 3 heterocycles. The number of fused-ring (bicyclic) bond motifs is 1. The van der Waals surface area contributed by atoms with Gasteiger partial charge in [-0.2, -0.15) is 0 Å². The molecule has 0 radical (unpaired) electrons. The summed E-state index contributed by atoms with van der Waals surface area (Å²) in [6.45, 7) is 3.92. The number of carbonyl (C=O) groups excluding carboxylic acids is 1. The topological polar surface area (TPSA) is 106 Å². The molecular weight excluding hydrogens is 366 g/mol. The largest absolute Gasteiger partial charge is 0.484 e. The molecule has 0 aliphatic carbocycles. The standard InChI is InChI=1S/C18H17N5O3S/c1-10(17-19-5-6-20-17)21-18(24)14-8-26-16(23-14)9-25-12-3-4-15-13(7-12)22-11(2)27-15/h3-8,10H,9H2,1-2H3,(H,19,20)(H,21,24). The monoisotopic (exact) mass is 383 g/mol. The first-order valence-corrected chi connectivity index (χ1v) is 9.14. The first-order chi connectivity index (χ1) is 13.1. The van der Waals surface area contributed by atoms with Crippen LogP contribution in [0.3, 0.4) is 0 Å². The lowest BCUT2D eigenvalue weighted by atomic mass is 10.3. The Balaban J connectivity index is 1.37. The van der Waals surface area contributed by atoms with Gasteiger partial charge in [0.1, 0.15) is 17.8 Å². The average Bonchev–Trinajstić information content (AvgIpc) is 3.39. The Bertz CT molecular complexity index is 1070. The highest BCUT2D eigenvalue weighted by molar-refractivity contribution is 7.18. The highest BCUT2D eigenvalue weighted by atomic mass is 32.1. The summed E-state index contributed by atoms with van der Waals surface area (Å²) in [5.74, 6) is 1.32. The van der Waals surface area contributed by atoms with Gasteiger partial charge in [-0.05, 0) is 26.0 Å². The normalized spacial score (nSPS) is 12.2. The smallest absolute Gasteiger partial charge is 0.273 e. The third-order valence-electron chi connectivity index (χ3n) is 3.89. The Hall–Kier alpha value is -3.20. The lowest BCUT2D eigenvalue weighted by Gasteiger charge is -2.09. The molecule has 138 valence electrons. The predicted molar refractivity (Wildman–Crippen MR) is 99.7 cm³/mol. The number of carbonyl (C=O) groups is 1. The second-order valence-corrected chi connectivity index (χ2v) is 7.18. The molecule has 3 aromatic heterocycles. The number of oxazole rings is 1. The van der Waals surface area contributed by atoms with Crippen molar-refractivity contribution in [1.82, 2.24) is 25.3 Å². The molecule has 1 unspecified atom stereocenters. The molecule has 0 bridgehead atoms. The van der Waals surface area contributed by atoms with Crippen molar-refractivity contribution >= 4 is 27.5 Å². The Morgan fingerprint density at radius 1 is 1.41 bits per heavy atom. The summed E-state index contributed by atoms with van der Waals surface area (Å²) in [5, 5.41) is 3.81. The number of ether oxygens (including phenoxy) is 1. The van der Waals surface area contributed by atoms with Crippen LogP contribution < -0.4 is 10.1 Å². The van der Waals surface area contributed by atoms with Crippen LogP contribution in [0.25, 0.3) is 10.2 Å². The van der Waals surface area contributed by atoms with Gasteiger partial charge in [0.05, 0.1) is 21.3 Å². The van der Waals surface area contributed by atoms with E-state index in [1.165, 1.54) is 6.26 Å². The summed E-state index contributed by atoms with van der Waals surface area (Å²) >= 11 is 1.64. The van der Waals surface area contributed by atoms with E-state index in [4.69, 9.17) is 9.15 Å². The molecule has 4 aromatic rings. The number of nitrogens with one attached hydrogen (secondary N) is 2. The van der Waals surface area contributed by atoms with Crippen LogP contribution in [0.5, 0.6) is 5.75 Å². The fraction of sp³-hybridized carbons (Fsp3) is 0.222. The summed E-state index contributed by atoms with van der Waals surface area (Å²) in [6, 6.07) is 5.46. The van der Waals surface area contributed by atoms with E-state index in [9.17, 15) is 4.79 Å². The fourth-order valence-corrected chi connectivity index (χ4v) is 3.40. The third-order valence-corrected chi connectivity index (χ3v) is 4.84. The zero-order chi connectivity index (χ0) is 18.8. The molecule has 0 spiro atoms. The van der Waals surface area contributed by atoms with Crippen LogP contribution in [0.1, 0.15) is 40.2 Å². The summed E-state index contributed by atoms with van der Waals surface area (Å²) < 4.78 is 12.2. The number of benzene rings is 1. The highest BCUT2D eigenvalue weighted by Crippen LogP contribution is 2.26. The van der Waals surface area contributed by atoms with Crippen molar-refractivity contribution in [2.45, 2.75) is 26.5 Å². The summed E-state index contributed by atoms with van der Waals surface area (Å²) in [6.07, 6.45) is 4.65. The van der Waals surface area contributed by atoms with Gasteiger partial charge in [-0.15, -0.1) is 11.3 Å². The Labute approximate surface area is 158 Å². The predicted octanol–water partition coefficient (Wildman–Crippen LogP) is 3.39. The van der Waals surface area contributed by atoms with Gasteiger partial charge in [0, 0.05) is 18.5 Å². The van der Waals surface area contributed by atoms with Gasteiger partial charge in [-0.3, -0.25) is 4.79 Å². The molecular formula is C18H17N5O3S. The molecule has 1 aromatic carbocycles. The second kappa shape index (κ2) is 7.20. The number of thiazole rings is 1. The molecule has 0 fully saturated rings. The Kier molecular flexibility index (Phi) is 4.59. The van der Waals surface area contributed by atoms with E-state index in [2.05, 4.69) is 25.3 Å². The van der Waals surface area contributed by atoms with Crippen LogP contribution in [-0.2, 0) is 6.61 Å². The number of aromatic nitrogens is 4. The van der Waals surface area contributed by atoms with Crippen LogP contribution in [0.2, 0.25) is 0 Å². The van der Waals surface area contributed by atoms with Crippen molar-refractivity contribution in [1.29, 1.82) is 0 Å². The molecule has 1 amide bonds. The van der Waals surface area contributed by atoms with Crippen molar-refractivity contribution in [3.8, 4) is 5.75 Å². The van der Waals surface area contributed by atoms with Crippen LogP contribution in [-0.4, -0.2) is 25.8 Å². The number of imidazole rings is 1. The molecule has 0 aliphatic rings. The van der Waals surface area contributed by atoms with Crippen LogP contribution in [0.15, 0.2) is 41.3 Å². The van der Waals surface area contributed by atoms with E-state index in [1.807, 2.05) is 32.0 Å². The van der Waals surface area contributed by atoms with E-state index in [1.54, 1.807) is 23.7 Å². The van der Waals surface area contributed by atoms with Gasteiger partial charge in [0.25, 0.3) is 5.91 Å². The number of H-pyrrole nitrogens is 1. The fourth-order valence-electron chi connectivity index (χ4n) is 2.59. The Morgan fingerprint density at radius 2 is 2.30 bits per heavy atom. The number of rotatable bonds is 6. The number of amides is 1. The van der Waals surface area contributed by atoms with Crippen molar-refractivity contribution in [3.63, 3.8) is 0 Å². The van der Waals surface area contributed by atoms with E-state index in [0.717, 1.165) is 15.2 Å². The maximum atomic E-state index is 12.3. The molecule has 9 heteroatoms. The van der Waals surface area contributed by atoms with E-state index >= 15 is 0 Å². The first-order valence-electron chi connectivity index (χ1n) is 8.33. The third kappa shape index (κ3) is 3.82. The minimum Gasteiger partial charge on any atom is -0.484 e. The van der Waals surface area contributed by atoms with Crippen LogP contribution in [0, 0.1) is 6.92 Å². The van der Waals surface area contributed by atoms with E-state index < -0.39 is 0 Å². The Morgan fingerprint density at radius 3 is 3.11 bits per heavy atom. The summed E-state index contributed by atoms with van der Waals surface area (Å²) in [7, 11) is 0. The minimum absolute atomic E-state index is 0.121. The van der Waals surface area contributed by atoms with Crippen LogP contribution in [0.4, 0.5) is 0 Å². The zero-order valence-electron chi connectivity index (χ0n) is 14.7. The zero-order valence-corrected chi connectivity index (χ0v) is 15.5. The quantitative estimate of drug-likeness (QED) is 0.529. The van der Waals surface area contributed by atoms with Crippen molar-refractivity contribution in [2.24, 2.45) is 0 Å². The minimum atomic E-state index is -0.340. The maximum Gasteiger partial charge on any atom is 0.273 e. The number of aromatic amines is 1. The summed E-state index contributed by atoms with van der Waals surface area (Å²) in [4.78, 5) is 28.0. The molecule has 2 N–H and O–H groups in total.